The van der Waals surface area contributed by atoms with E-state index in [1.54, 1.807) is 23.0 Å². The van der Waals surface area contributed by atoms with Crippen LogP contribution in [0.5, 0.6) is 0 Å². The van der Waals surface area contributed by atoms with Crippen molar-refractivity contribution in [2.45, 2.75) is 26.4 Å². The van der Waals surface area contributed by atoms with E-state index in [4.69, 9.17) is 11.6 Å². The van der Waals surface area contributed by atoms with Gasteiger partial charge in [-0.25, -0.2) is 4.39 Å². The molecule has 0 bridgehead atoms. The molecule has 1 aromatic heterocycles. The van der Waals surface area contributed by atoms with E-state index in [0.717, 1.165) is 25.1 Å². The quantitative estimate of drug-likeness (QED) is 0.824. The zero-order chi connectivity index (χ0) is 13.7. The van der Waals surface area contributed by atoms with Gasteiger partial charge in [-0.3, -0.25) is 4.68 Å². The summed E-state index contributed by atoms with van der Waals surface area (Å²) in [5.41, 5.74) is 1.64. The van der Waals surface area contributed by atoms with Crippen LogP contribution in [0.3, 0.4) is 0 Å². The van der Waals surface area contributed by atoms with E-state index in [-0.39, 0.29) is 5.82 Å². The molecular formula is C14H17ClFN3. The van der Waals surface area contributed by atoms with Gasteiger partial charge in [0.1, 0.15) is 5.82 Å². The van der Waals surface area contributed by atoms with Crippen LogP contribution in [0.2, 0.25) is 5.02 Å². The van der Waals surface area contributed by atoms with E-state index in [1.165, 1.54) is 6.07 Å². The summed E-state index contributed by atoms with van der Waals surface area (Å²) < 4.78 is 15.3. The first kappa shape index (κ1) is 14.0. The van der Waals surface area contributed by atoms with E-state index in [1.807, 2.05) is 6.20 Å². The second-order valence-corrected chi connectivity index (χ2v) is 4.90. The molecule has 2 rings (SSSR count). The van der Waals surface area contributed by atoms with Gasteiger partial charge in [0.05, 0.1) is 12.7 Å². The SMILES string of the molecule is CCCNCc1cnn(Cc2cc(Cl)ccc2F)c1. The van der Waals surface area contributed by atoms with Gasteiger partial charge in [-0.1, -0.05) is 18.5 Å². The smallest absolute Gasteiger partial charge is 0.128 e. The molecule has 0 unspecified atom stereocenters. The van der Waals surface area contributed by atoms with E-state index in [0.29, 0.717) is 17.1 Å². The number of hydrogen-bond acceptors (Lipinski definition) is 2. The highest BCUT2D eigenvalue weighted by Gasteiger charge is 2.05. The van der Waals surface area contributed by atoms with Crippen LogP contribution in [-0.4, -0.2) is 16.3 Å². The molecule has 5 heteroatoms. The highest BCUT2D eigenvalue weighted by molar-refractivity contribution is 6.30. The zero-order valence-corrected chi connectivity index (χ0v) is 11.6. The molecule has 0 amide bonds. The fraction of sp³-hybridized carbons (Fsp3) is 0.357. The minimum atomic E-state index is -0.259. The molecule has 0 atom stereocenters. The van der Waals surface area contributed by atoms with Crippen molar-refractivity contribution in [3.63, 3.8) is 0 Å². The average Bonchev–Trinajstić information content (AvgIpc) is 2.82. The lowest BCUT2D eigenvalue weighted by Gasteiger charge is -2.04. The molecule has 1 heterocycles. The second kappa shape index (κ2) is 6.68. The standard InChI is InChI=1S/C14H17ClFN3/c1-2-5-17-7-11-8-18-19(9-11)10-12-6-13(15)3-4-14(12)16/h3-4,6,8-9,17H,2,5,7,10H2,1H3. The predicted molar refractivity (Wildman–Crippen MR) is 74.7 cm³/mol. The van der Waals surface area contributed by atoms with Crippen molar-refractivity contribution in [2.24, 2.45) is 0 Å². The van der Waals surface area contributed by atoms with E-state index in [2.05, 4.69) is 17.3 Å². The molecule has 0 saturated carbocycles. The van der Waals surface area contributed by atoms with Crippen molar-refractivity contribution in [2.75, 3.05) is 6.54 Å². The maximum atomic E-state index is 13.6. The minimum absolute atomic E-state index is 0.259. The van der Waals surface area contributed by atoms with Gasteiger partial charge in [0.25, 0.3) is 0 Å². The Balaban J connectivity index is 2.01. The number of halogens is 2. The van der Waals surface area contributed by atoms with Gasteiger partial charge in [-0.15, -0.1) is 0 Å². The molecule has 0 spiro atoms. The molecule has 3 nitrogen and oxygen atoms in total. The lowest BCUT2D eigenvalue weighted by molar-refractivity contribution is 0.585. The molecule has 0 aliphatic carbocycles. The molecule has 0 radical (unpaired) electrons. The van der Waals surface area contributed by atoms with Gasteiger partial charge in [-0.2, -0.15) is 5.10 Å². The Morgan fingerprint density at radius 1 is 1.42 bits per heavy atom. The molecule has 1 N–H and O–H groups in total. The summed E-state index contributed by atoms with van der Waals surface area (Å²) in [4.78, 5) is 0. The monoisotopic (exact) mass is 281 g/mol. The van der Waals surface area contributed by atoms with Crippen LogP contribution in [0.15, 0.2) is 30.6 Å². The average molecular weight is 282 g/mol. The van der Waals surface area contributed by atoms with Crippen molar-refractivity contribution in [1.29, 1.82) is 0 Å². The zero-order valence-electron chi connectivity index (χ0n) is 10.9. The number of rotatable bonds is 6. The van der Waals surface area contributed by atoms with E-state index in [9.17, 15) is 4.39 Å². The summed E-state index contributed by atoms with van der Waals surface area (Å²) in [5.74, 6) is -0.259. The molecule has 0 aliphatic rings. The Bertz CT molecular complexity index is 539. The topological polar surface area (TPSA) is 29.9 Å². The number of benzene rings is 1. The molecule has 19 heavy (non-hydrogen) atoms. The predicted octanol–water partition coefficient (Wildman–Crippen LogP) is 3.22. The first-order valence-corrected chi connectivity index (χ1v) is 6.73. The third-order valence-electron chi connectivity index (χ3n) is 2.78. The van der Waals surface area contributed by atoms with Gasteiger partial charge in [0.2, 0.25) is 0 Å². The Labute approximate surface area is 117 Å². The van der Waals surface area contributed by atoms with Gasteiger partial charge >= 0.3 is 0 Å². The summed E-state index contributed by atoms with van der Waals surface area (Å²) in [6, 6.07) is 4.56. The minimum Gasteiger partial charge on any atom is -0.313 e. The first-order chi connectivity index (χ1) is 9.19. The third-order valence-corrected chi connectivity index (χ3v) is 3.02. The van der Waals surface area contributed by atoms with Crippen LogP contribution < -0.4 is 5.32 Å². The lowest BCUT2D eigenvalue weighted by atomic mass is 10.2. The number of nitrogens with one attached hydrogen (secondary N) is 1. The van der Waals surface area contributed by atoms with Crippen LogP contribution in [0, 0.1) is 5.82 Å². The molecular weight excluding hydrogens is 265 g/mol. The Kier molecular flexibility index (Phi) is 4.93. The van der Waals surface area contributed by atoms with Crippen LogP contribution in [0.4, 0.5) is 4.39 Å². The largest absolute Gasteiger partial charge is 0.313 e. The highest BCUT2D eigenvalue weighted by atomic mass is 35.5. The van der Waals surface area contributed by atoms with E-state index >= 15 is 0 Å². The Morgan fingerprint density at radius 2 is 2.26 bits per heavy atom. The summed E-state index contributed by atoms with van der Waals surface area (Å²) in [6.07, 6.45) is 4.82. The van der Waals surface area contributed by atoms with E-state index < -0.39 is 0 Å². The van der Waals surface area contributed by atoms with Crippen molar-refractivity contribution >= 4 is 11.6 Å². The Hall–Kier alpha value is -1.39. The van der Waals surface area contributed by atoms with Crippen LogP contribution in [0.1, 0.15) is 24.5 Å². The summed E-state index contributed by atoms with van der Waals surface area (Å²) in [7, 11) is 0. The van der Waals surface area contributed by atoms with Gasteiger partial charge in [0, 0.05) is 28.9 Å². The fourth-order valence-electron chi connectivity index (χ4n) is 1.83. The van der Waals surface area contributed by atoms with Crippen molar-refractivity contribution in [3.05, 3.63) is 52.6 Å². The number of aromatic nitrogens is 2. The summed E-state index contributed by atoms with van der Waals surface area (Å²) in [5, 5.41) is 8.06. The van der Waals surface area contributed by atoms with Crippen LogP contribution >= 0.6 is 11.6 Å². The van der Waals surface area contributed by atoms with Crippen LogP contribution in [-0.2, 0) is 13.1 Å². The third kappa shape index (κ3) is 4.04. The van der Waals surface area contributed by atoms with Crippen molar-refractivity contribution in [3.8, 4) is 0 Å². The Morgan fingerprint density at radius 3 is 3.05 bits per heavy atom. The fourth-order valence-corrected chi connectivity index (χ4v) is 2.03. The molecule has 102 valence electrons. The van der Waals surface area contributed by atoms with Gasteiger partial charge in [-0.05, 0) is 31.2 Å². The second-order valence-electron chi connectivity index (χ2n) is 4.46. The highest BCUT2D eigenvalue weighted by Crippen LogP contribution is 2.16. The van der Waals surface area contributed by atoms with Gasteiger partial charge in [0.15, 0.2) is 0 Å². The number of nitrogens with zero attached hydrogens (tertiary/aromatic N) is 2. The molecule has 1 aromatic carbocycles. The molecule has 2 aromatic rings. The maximum absolute atomic E-state index is 13.6. The maximum Gasteiger partial charge on any atom is 0.128 e. The number of hydrogen-bond donors (Lipinski definition) is 1. The molecule has 0 saturated heterocycles. The lowest BCUT2D eigenvalue weighted by Crippen LogP contribution is -2.13. The van der Waals surface area contributed by atoms with Crippen molar-refractivity contribution in [1.82, 2.24) is 15.1 Å². The van der Waals surface area contributed by atoms with Crippen LogP contribution in [0.25, 0.3) is 0 Å². The van der Waals surface area contributed by atoms with Gasteiger partial charge < -0.3 is 5.32 Å². The summed E-state index contributed by atoms with van der Waals surface area (Å²) in [6.45, 7) is 4.28. The van der Waals surface area contributed by atoms with Crippen molar-refractivity contribution < 1.29 is 4.39 Å². The molecule has 0 aliphatic heterocycles. The normalized spacial score (nSPS) is 10.9. The summed E-state index contributed by atoms with van der Waals surface area (Å²) >= 11 is 5.87. The first-order valence-electron chi connectivity index (χ1n) is 6.35. The molecule has 0 fully saturated rings.